The van der Waals surface area contributed by atoms with Crippen molar-refractivity contribution in [3.05, 3.63) is 29.5 Å². The van der Waals surface area contributed by atoms with Crippen molar-refractivity contribution in [2.75, 3.05) is 20.3 Å². The summed E-state index contributed by atoms with van der Waals surface area (Å²) in [6, 6.07) is 0. The van der Waals surface area contributed by atoms with E-state index in [1.807, 2.05) is 25.2 Å². The molecule has 0 aromatic rings. The summed E-state index contributed by atoms with van der Waals surface area (Å²) in [7, 11) is 0.500. The molecule has 0 saturated carbocycles. The van der Waals surface area contributed by atoms with Crippen LogP contribution in [0, 0.1) is 0 Å². The fraction of sp³-hybridized carbons (Fsp3) is 0.625. The number of alkyl halides is 1. The van der Waals surface area contributed by atoms with Crippen molar-refractivity contribution in [1.82, 2.24) is 0 Å². The van der Waals surface area contributed by atoms with Crippen LogP contribution in [-0.4, -0.2) is 48.6 Å². The molecule has 0 heterocycles. The number of carbonyl (C=O) groups is 2. The fourth-order valence-electron chi connectivity index (χ4n) is 1.27. The van der Waals surface area contributed by atoms with Gasteiger partial charge in [0.25, 0.3) is 0 Å². The topological polar surface area (TPSA) is 108 Å². The average molecular weight is 423 g/mol. The Kier molecular flexibility index (Phi) is 32.0. The van der Waals surface area contributed by atoms with Crippen LogP contribution in [0.1, 0.15) is 40.0 Å². The third-order valence-corrected chi connectivity index (χ3v) is 2.27. The molecular weight excluding hydrogens is 394 g/mol. The molecule has 0 aliphatic carbocycles. The van der Waals surface area contributed by atoms with Gasteiger partial charge in [0.1, 0.15) is 0 Å². The van der Waals surface area contributed by atoms with E-state index in [-0.39, 0.29) is 58.7 Å². The van der Waals surface area contributed by atoms with E-state index in [4.69, 9.17) is 15.9 Å². The first kappa shape index (κ1) is 31.2. The number of hydrogen-bond acceptors (Lipinski definition) is 4. The molecule has 0 rings (SSSR count). The second kappa shape index (κ2) is 24.6. The molecule has 0 aromatic carbocycles. The number of allylic oxidation sites excluding steroid dienone is 2. The maximum atomic E-state index is 10.7. The third-order valence-electron chi connectivity index (χ3n) is 2.27. The molecule has 0 amide bonds. The maximum absolute atomic E-state index is 10.7. The van der Waals surface area contributed by atoms with Gasteiger partial charge in [-0.15, -0.1) is 6.54 Å². The molecular formula is C16H29FNO5Y-. The summed E-state index contributed by atoms with van der Waals surface area (Å²) in [5.41, 5.74) is 7.77. The summed E-state index contributed by atoms with van der Waals surface area (Å²) in [4.78, 5) is 21.0. The van der Waals surface area contributed by atoms with Crippen LogP contribution in [0.15, 0.2) is 23.8 Å². The molecule has 3 N–H and O–H groups in total. The van der Waals surface area contributed by atoms with Gasteiger partial charge in [0.05, 0.1) is 13.8 Å². The van der Waals surface area contributed by atoms with Crippen molar-refractivity contribution in [3.63, 3.8) is 0 Å². The van der Waals surface area contributed by atoms with Gasteiger partial charge in [-0.1, -0.05) is 32.1 Å². The normalized spacial score (nSPS) is 11.2. The number of aliphatic hydroxyl groups excluding tert-OH is 1. The van der Waals surface area contributed by atoms with E-state index in [1.54, 1.807) is 6.92 Å². The summed E-state index contributed by atoms with van der Waals surface area (Å²) in [5.74, 6) is -1.74. The summed E-state index contributed by atoms with van der Waals surface area (Å²) in [6.07, 6.45) is 5.89. The molecule has 0 aromatic heterocycles. The summed E-state index contributed by atoms with van der Waals surface area (Å²) in [6.45, 7) is 5.67. The van der Waals surface area contributed by atoms with Crippen LogP contribution in [-0.2, 0) is 47.0 Å². The summed E-state index contributed by atoms with van der Waals surface area (Å²) < 4.78 is 14.0. The summed E-state index contributed by atoms with van der Waals surface area (Å²) in [5, 5.41) is 17.2. The maximum Gasteiger partial charge on any atom is 0.344 e. The predicted octanol–water partition coefficient (Wildman–Crippen LogP) is 3.31. The van der Waals surface area contributed by atoms with Crippen molar-refractivity contribution in [3.8, 4) is 0 Å². The van der Waals surface area contributed by atoms with E-state index in [9.17, 15) is 14.0 Å². The first-order valence-corrected chi connectivity index (χ1v) is 7.33. The van der Waals surface area contributed by atoms with Crippen LogP contribution in [0.5, 0.6) is 0 Å². The minimum Gasteiger partial charge on any atom is -0.677 e. The van der Waals surface area contributed by atoms with Crippen LogP contribution in [0.25, 0.3) is 5.73 Å². The first-order chi connectivity index (χ1) is 11.0. The second-order valence-corrected chi connectivity index (χ2v) is 4.05. The van der Waals surface area contributed by atoms with Crippen molar-refractivity contribution < 1.29 is 61.6 Å². The van der Waals surface area contributed by atoms with Gasteiger partial charge >= 0.3 is 11.9 Å². The Bertz CT molecular complexity index is 360. The largest absolute Gasteiger partial charge is 0.677 e. The number of carboxylic acid groups (broad SMARTS) is 1. The smallest absolute Gasteiger partial charge is 0.344 e. The van der Waals surface area contributed by atoms with E-state index in [1.165, 1.54) is 0 Å². The minimum atomic E-state index is -1.19. The zero-order valence-corrected chi connectivity index (χ0v) is 17.8. The molecule has 1 radical (unpaired) electrons. The number of aliphatic carboxylic acids is 1. The molecule has 0 aliphatic rings. The molecule has 0 spiro atoms. The van der Waals surface area contributed by atoms with Crippen molar-refractivity contribution in [2.45, 2.75) is 46.1 Å². The number of aliphatic hydroxyl groups is 1. The average Bonchev–Trinajstić information content (AvgIpc) is 2.56. The van der Waals surface area contributed by atoms with E-state index >= 15 is 0 Å². The molecule has 0 saturated heterocycles. The molecule has 24 heavy (non-hydrogen) atoms. The first-order valence-electron chi connectivity index (χ1n) is 7.33. The van der Waals surface area contributed by atoms with Gasteiger partial charge in [0.2, 0.25) is 0 Å². The Labute approximate surface area is 169 Å². The number of esters is 1. The summed E-state index contributed by atoms with van der Waals surface area (Å²) >= 11 is 0. The predicted molar refractivity (Wildman–Crippen MR) is 88.9 cm³/mol. The van der Waals surface area contributed by atoms with Gasteiger partial charge in [-0.05, 0) is 25.3 Å². The number of nitrogens with one attached hydrogen (secondary N) is 1. The minimum absolute atomic E-state index is 0. The molecule has 1 atom stereocenters. The van der Waals surface area contributed by atoms with Gasteiger partial charge in [0.15, 0.2) is 6.10 Å². The van der Waals surface area contributed by atoms with E-state index in [0.717, 1.165) is 12.0 Å². The Hall–Kier alpha value is -0.626. The number of halogens is 1. The Morgan fingerprint density at radius 3 is 2.12 bits per heavy atom. The van der Waals surface area contributed by atoms with E-state index < -0.39 is 18.0 Å². The number of hydrogen-bond donors (Lipinski definition) is 2. The van der Waals surface area contributed by atoms with Crippen molar-refractivity contribution in [1.29, 1.82) is 0 Å². The molecule has 1 unspecified atom stereocenters. The Balaban J connectivity index is -0.000000150. The zero-order valence-electron chi connectivity index (χ0n) is 14.9. The molecule has 0 fully saturated rings. The van der Waals surface area contributed by atoms with Crippen LogP contribution in [0.3, 0.4) is 0 Å². The number of carbonyl (C=O) groups excluding carboxylic acids is 1. The van der Waals surface area contributed by atoms with Gasteiger partial charge in [-0.25, -0.2) is 4.79 Å². The van der Waals surface area contributed by atoms with Gasteiger partial charge in [-0.3, -0.25) is 9.18 Å². The Morgan fingerprint density at radius 1 is 1.29 bits per heavy atom. The van der Waals surface area contributed by atoms with Crippen molar-refractivity contribution in [2.24, 2.45) is 0 Å². The van der Waals surface area contributed by atoms with Gasteiger partial charge < -0.3 is 20.7 Å². The SMILES string of the molecule is C/C=C\C(=C/CC)CO.CCC(=O)OC(CC[NH-])C(=O)O.CF.[Y]. The van der Waals surface area contributed by atoms with Gasteiger partial charge in [-0.2, -0.15) is 0 Å². The van der Waals surface area contributed by atoms with Crippen LogP contribution >= 0.6 is 0 Å². The molecule has 139 valence electrons. The number of rotatable bonds is 8. The number of carboxylic acids is 1. The van der Waals surface area contributed by atoms with Gasteiger partial charge in [0, 0.05) is 39.1 Å². The molecule has 0 aliphatic heterocycles. The third kappa shape index (κ3) is 21.4. The molecule has 6 nitrogen and oxygen atoms in total. The van der Waals surface area contributed by atoms with Crippen LogP contribution in [0.4, 0.5) is 4.39 Å². The van der Waals surface area contributed by atoms with E-state index in [0.29, 0.717) is 7.18 Å². The molecule has 8 heteroatoms. The van der Waals surface area contributed by atoms with Crippen LogP contribution in [0.2, 0.25) is 0 Å². The van der Waals surface area contributed by atoms with E-state index in [2.05, 4.69) is 11.7 Å². The number of ether oxygens (including phenoxy) is 1. The zero-order chi connectivity index (χ0) is 18.7. The fourth-order valence-corrected chi connectivity index (χ4v) is 1.27. The Morgan fingerprint density at radius 2 is 1.83 bits per heavy atom. The standard InChI is InChI=1S/C8H14O.C7H12NO4.CH3F.Y/c1-3-5-8(7-9)6-4-2;1-2-6(9)12-5(3-4-8)7(10)11;1-2;/h3,5-6,9H,4,7H2,1-2H3;5,8H,2-4H2,1H3,(H,10,11);1H3;/q;-1;;/b5-3-,8-6+;;;. The second-order valence-electron chi connectivity index (χ2n) is 4.05. The van der Waals surface area contributed by atoms with Crippen molar-refractivity contribution >= 4 is 11.9 Å². The molecule has 0 bridgehead atoms. The quantitative estimate of drug-likeness (QED) is 0.460. The monoisotopic (exact) mass is 423 g/mol. The van der Waals surface area contributed by atoms with Crippen LogP contribution < -0.4 is 0 Å².